The van der Waals surface area contributed by atoms with Crippen LogP contribution in [-0.4, -0.2) is 0 Å². The van der Waals surface area contributed by atoms with Crippen molar-refractivity contribution in [3.05, 3.63) is 64.3 Å². The Hall–Kier alpha value is -1.93. The Balaban J connectivity index is 2.57. The zero-order chi connectivity index (χ0) is 14.3. The fourth-order valence-electron chi connectivity index (χ4n) is 2.65. The van der Waals surface area contributed by atoms with E-state index in [0.29, 0.717) is 5.92 Å². The average Bonchev–Trinajstić information content (AvgIpc) is 2.46. The summed E-state index contributed by atoms with van der Waals surface area (Å²) in [5, 5.41) is 1.61. The van der Waals surface area contributed by atoms with Crippen LogP contribution < -0.4 is 5.43 Å². The van der Waals surface area contributed by atoms with E-state index in [9.17, 15) is 4.79 Å². The molecule has 3 aromatic rings. The van der Waals surface area contributed by atoms with E-state index in [0.717, 1.165) is 25.7 Å². The summed E-state index contributed by atoms with van der Waals surface area (Å²) in [6.07, 6.45) is 1.82. The second-order valence-corrected chi connectivity index (χ2v) is 6.31. The zero-order valence-corrected chi connectivity index (χ0v) is 12.5. The smallest absolute Gasteiger partial charge is 0.196 e. The molecule has 20 heavy (non-hydrogen) atoms. The molecule has 0 saturated carbocycles. The molecule has 0 atom stereocenters. The molecule has 0 aliphatic carbocycles. The van der Waals surface area contributed by atoms with Crippen molar-refractivity contribution in [2.24, 2.45) is 0 Å². The third-order valence-electron chi connectivity index (χ3n) is 3.65. The van der Waals surface area contributed by atoms with Crippen LogP contribution >= 0.6 is 11.3 Å². The summed E-state index contributed by atoms with van der Waals surface area (Å²) in [5.41, 5.74) is 2.29. The summed E-state index contributed by atoms with van der Waals surface area (Å²) < 4.78 is 2.07. The van der Waals surface area contributed by atoms with E-state index in [1.807, 2.05) is 30.3 Å². The molecule has 0 spiro atoms. The number of hydrogen-bond donors (Lipinski definition) is 0. The Morgan fingerprint density at radius 3 is 2.55 bits per heavy atom. The lowest BCUT2D eigenvalue weighted by Gasteiger charge is -2.12. The van der Waals surface area contributed by atoms with Gasteiger partial charge in [0.05, 0.1) is 0 Å². The first-order valence-corrected chi connectivity index (χ1v) is 7.56. The molecule has 0 unspecified atom stereocenters. The molecule has 0 fully saturated rings. The predicted octanol–water partition coefficient (Wildman–Crippen LogP) is 5.18. The summed E-state index contributed by atoms with van der Waals surface area (Å²) in [6, 6.07) is 12.0. The van der Waals surface area contributed by atoms with Crippen molar-refractivity contribution in [1.82, 2.24) is 0 Å². The van der Waals surface area contributed by atoms with E-state index in [1.54, 1.807) is 11.3 Å². The number of hydrogen-bond acceptors (Lipinski definition) is 2. The fraction of sp³-hybridized carbons (Fsp3) is 0.167. The lowest BCUT2D eigenvalue weighted by molar-refractivity contribution is 0.866. The molecule has 0 aliphatic rings. The minimum atomic E-state index is 0.117. The highest BCUT2D eigenvalue weighted by Gasteiger charge is 2.13. The molecule has 0 radical (unpaired) electrons. The van der Waals surface area contributed by atoms with Crippen LogP contribution in [0.3, 0.4) is 0 Å². The van der Waals surface area contributed by atoms with Gasteiger partial charge in [-0.3, -0.25) is 4.79 Å². The number of fused-ring (bicyclic) bond motifs is 2. The first-order chi connectivity index (χ1) is 9.63. The van der Waals surface area contributed by atoms with Crippen LogP contribution in [-0.2, 0) is 0 Å². The normalized spacial score (nSPS) is 11.3. The first kappa shape index (κ1) is 13.1. The van der Waals surface area contributed by atoms with Gasteiger partial charge < -0.3 is 0 Å². The molecule has 0 aliphatic heterocycles. The summed E-state index contributed by atoms with van der Waals surface area (Å²) in [6.45, 7) is 8.19. The minimum absolute atomic E-state index is 0.117. The van der Waals surface area contributed by atoms with Gasteiger partial charge in [-0.2, -0.15) is 0 Å². The molecule has 2 aromatic carbocycles. The van der Waals surface area contributed by atoms with Crippen molar-refractivity contribution in [2.75, 3.05) is 0 Å². The van der Waals surface area contributed by atoms with Gasteiger partial charge in [-0.15, -0.1) is 11.3 Å². The third-order valence-corrected chi connectivity index (χ3v) is 4.78. The van der Waals surface area contributed by atoms with Crippen LogP contribution in [0.1, 0.15) is 30.9 Å². The fourth-order valence-corrected chi connectivity index (χ4v) is 3.75. The third kappa shape index (κ3) is 1.88. The topological polar surface area (TPSA) is 17.1 Å². The molecule has 1 heterocycles. The Morgan fingerprint density at radius 1 is 1.10 bits per heavy atom. The summed E-state index contributed by atoms with van der Waals surface area (Å²) in [5.74, 6) is 0.378. The molecule has 0 bridgehead atoms. The highest BCUT2D eigenvalue weighted by atomic mass is 32.1. The lowest BCUT2D eigenvalue weighted by atomic mass is 9.94. The maximum Gasteiger partial charge on any atom is 0.196 e. The van der Waals surface area contributed by atoms with Crippen molar-refractivity contribution in [3.63, 3.8) is 0 Å². The van der Waals surface area contributed by atoms with Gasteiger partial charge in [-0.25, -0.2) is 0 Å². The van der Waals surface area contributed by atoms with Crippen LogP contribution in [0.4, 0.5) is 0 Å². The quantitative estimate of drug-likeness (QED) is 0.591. The van der Waals surface area contributed by atoms with E-state index < -0.39 is 0 Å². The standard InChI is InChI=1S/C18H16OS/c1-4-12-13(11(2)3)9-10-16-17(12)18(19)14-7-5-6-8-15(14)20-16/h4-11H,1H2,2-3H3. The maximum atomic E-state index is 12.8. The highest BCUT2D eigenvalue weighted by Crippen LogP contribution is 2.31. The van der Waals surface area contributed by atoms with Gasteiger partial charge in [-0.05, 0) is 35.2 Å². The zero-order valence-electron chi connectivity index (χ0n) is 11.6. The maximum absolute atomic E-state index is 12.8. The Morgan fingerprint density at radius 2 is 1.85 bits per heavy atom. The van der Waals surface area contributed by atoms with Crippen LogP contribution in [0.5, 0.6) is 0 Å². The van der Waals surface area contributed by atoms with Gasteiger partial charge in [0.25, 0.3) is 0 Å². The molecule has 1 aromatic heterocycles. The second kappa shape index (κ2) is 4.88. The molecular weight excluding hydrogens is 264 g/mol. The van der Waals surface area contributed by atoms with Crippen molar-refractivity contribution in [3.8, 4) is 0 Å². The van der Waals surface area contributed by atoms with Gasteiger partial charge in [-0.1, -0.05) is 44.7 Å². The van der Waals surface area contributed by atoms with Gasteiger partial charge in [0, 0.05) is 20.2 Å². The van der Waals surface area contributed by atoms with Crippen LogP contribution in [0.2, 0.25) is 0 Å². The molecular formula is C18H16OS. The molecule has 100 valence electrons. The Labute approximate surface area is 122 Å². The Bertz CT molecular complexity index is 872. The van der Waals surface area contributed by atoms with Crippen LogP contribution in [0, 0.1) is 0 Å². The van der Waals surface area contributed by atoms with Crippen molar-refractivity contribution in [2.45, 2.75) is 19.8 Å². The summed E-state index contributed by atoms with van der Waals surface area (Å²) in [7, 11) is 0. The highest BCUT2D eigenvalue weighted by molar-refractivity contribution is 7.24. The van der Waals surface area contributed by atoms with E-state index in [4.69, 9.17) is 0 Å². The summed E-state index contributed by atoms with van der Waals surface area (Å²) in [4.78, 5) is 12.8. The van der Waals surface area contributed by atoms with Gasteiger partial charge in [0.2, 0.25) is 0 Å². The van der Waals surface area contributed by atoms with E-state index >= 15 is 0 Å². The van der Waals surface area contributed by atoms with Gasteiger partial charge in [0.15, 0.2) is 5.43 Å². The lowest BCUT2D eigenvalue weighted by Crippen LogP contribution is -2.05. The first-order valence-electron chi connectivity index (χ1n) is 6.74. The van der Waals surface area contributed by atoms with E-state index in [-0.39, 0.29) is 5.43 Å². The molecule has 0 saturated heterocycles. The van der Waals surface area contributed by atoms with E-state index in [2.05, 4.69) is 32.6 Å². The van der Waals surface area contributed by atoms with Crippen molar-refractivity contribution in [1.29, 1.82) is 0 Å². The predicted molar refractivity (Wildman–Crippen MR) is 89.8 cm³/mol. The molecule has 0 N–H and O–H groups in total. The molecule has 2 heteroatoms. The Kier molecular flexibility index (Phi) is 3.19. The van der Waals surface area contributed by atoms with Crippen molar-refractivity contribution < 1.29 is 0 Å². The SMILES string of the molecule is C=Cc1c(C(C)C)ccc2sc3ccccc3c(=O)c12. The molecule has 3 rings (SSSR count). The van der Waals surface area contributed by atoms with E-state index in [1.165, 1.54) is 5.56 Å². The van der Waals surface area contributed by atoms with Crippen LogP contribution in [0.25, 0.3) is 26.2 Å². The second-order valence-electron chi connectivity index (χ2n) is 5.23. The van der Waals surface area contributed by atoms with Crippen LogP contribution in [0.15, 0.2) is 47.8 Å². The minimum Gasteiger partial charge on any atom is -0.288 e. The van der Waals surface area contributed by atoms with Gasteiger partial charge in [0.1, 0.15) is 0 Å². The average molecular weight is 280 g/mol. The van der Waals surface area contributed by atoms with Crippen molar-refractivity contribution >= 4 is 37.6 Å². The largest absolute Gasteiger partial charge is 0.288 e. The van der Waals surface area contributed by atoms with Gasteiger partial charge >= 0.3 is 0 Å². The number of benzene rings is 2. The monoisotopic (exact) mass is 280 g/mol. The molecule has 0 amide bonds. The summed E-state index contributed by atoms with van der Waals surface area (Å²) >= 11 is 1.67. The number of rotatable bonds is 2. The molecule has 1 nitrogen and oxygen atoms in total.